The molecule has 2 saturated heterocycles. The van der Waals surface area contributed by atoms with Gasteiger partial charge in [0.15, 0.2) is 0 Å². The van der Waals surface area contributed by atoms with Crippen molar-refractivity contribution in [1.29, 1.82) is 0 Å². The van der Waals surface area contributed by atoms with Crippen LogP contribution in [0.5, 0.6) is 0 Å². The molecule has 3 heteroatoms. The van der Waals surface area contributed by atoms with Gasteiger partial charge in [-0.1, -0.05) is 6.42 Å². The van der Waals surface area contributed by atoms with E-state index in [0.29, 0.717) is 5.41 Å². The molecule has 0 aromatic heterocycles. The van der Waals surface area contributed by atoms with Gasteiger partial charge in [-0.3, -0.25) is 5.32 Å². The summed E-state index contributed by atoms with van der Waals surface area (Å²) < 4.78 is 6.14. The molecule has 80 valence electrons. The number of hydrogen-bond donors (Lipinski definition) is 1. The van der Waals surface area contributed by atoms with E-state index in [1.54, 1.807) is 0 Å². The van der Waals surface area contributed by atoms with Crippen LogP contribution in [0.2, 0.25) is 0 Å². The molecule has 0 bridgehead atoms. The van der Waals surface area contributed by atoms with E-state index in [4.69, 9.17) is 4.74 Å². The van der Waals surface area contributed by atoms with Gasteiger partial charge in [0.05, 0.1) is 6.61 Å². The van der Waals surface area contributed by atoms with E-state index >= 15 is 0 Å². The first-order valence-corrected chi connectivity index (χ1v) is 6.95. The molecule has 0 radical (unpaired) electrons. The third-order valence-electron chi connectivity index (χ3n) is 4.15. The van der Waals surface area contributed by atoms with Gasteiger partial charge in [-0.2, -0.15) is 11.8 Å². The zero-order valence-corrected chi connectivity index (χ0v) is 9.50. The Morgan fingerprint density at radius 1 is 1.07 bits per heavy atom. The first-order valence-electron chi connectivity index (χ1n) is 5.80. The molecule has 1 N–H and O–H groups in total. The normalized spacial score (nSPS) is 34.3. The van der Waals surface area contributed by atoms with Crippen molar-refractivity contribution in [3.8, 4) is 0 Å². The number of thioether (sulfide) groups is 1. The maximum absolute atomic E-state index is 6.14. The molecule has 0 aromatic carbocycles. The minimum atomic E-state index is 0.0755. The average molecular weight is 213 g/mol. The Bertz CT molecular complexity index is 209. The molecule has 1 saturated carbocycles. The van der Waals surface area contributed by atoms with E-state index in [0.717, 1.165) is 6.61 Å². The van der Waals surface area contributed by atoms with Crippen LogP contribution < -0.4 is 5.32 Å². The second kappa shape index (κ2) is 3.39. The van der Waals surface area contributed by atoms with Crippen molar-refractivity contribution in [2.75, 3.05) is 24.7 Å². The largest absolute Gasteiger partial charge is 0.360 e. The van der Waals surface area contributed by atoms with Gasteiger partial charge in [0.25, 0.3) is 0 Å². The van der Waals surface area contributed by atoms with Gasteiger partial charge in [0.2, 0.25) is 0 Å². The number of hydrogen-bond acceptors (Lipinski definition) is 3. The molecule has 0 aromatic rings. The Hall–Kier alpha value is 0.270. The van der Waals surface area contributed by atoms with Crippen LogP contribution >= 0.6 is 11.8 Å². The molecule has 2 nitrogen and oxygen atoms in total. The summed E-state index contributed by atoms with van der Waals surface area (Å²) >= 11 is 2.06. The first kappa shape index (κ1) is 9.49. The van der Waals surface area contributed by atoms with Crippen LogP contribution in [0.4, 0.5) is 0 Å². The maximum Gasteiger partial charge on any atom is 0.120 e. The Labute approximate surface area is 90.2 Å². The highest BCUT2D eigenvalue weighted by atomic mass is 32.2. The third kappa shape index (κ3) is 1.50. The quantitative estimate of drug-likeness (QED) is 0.665. The molecule has 2 heterocycles. The lowest BCUT2D eigenvalue weighted by molar-refractivity contribution is -0.168. The molecule has 0 atom stereocenters. The summed E-state index contributed by atoms with van der Waals surface area (Å²) in [6, 6.07) is 0. The van der Waals surface area contributed by atoms with E-state index in [1.807, 2.05) is 0 Å². The van der Waals surface area contributed by atoms with Crippen molar-refractivity contribution in [2.24, 2.45) is 5.41 Å². The fraction of sp³-hybridized carbons (Fsp3) is 1.00. The molecule has 14 heavy (non-hydrogen) atoms. The van der Waals surface area contributed by atoms with E-state index in [1.165, 1.54) is 50.2 Å². The molecule has 2 aliphatic heterocycles. The van der Waals surface area contributed by atoms with Gasteiger partial charge in [0, 0.05) is 12.0 Å². The number of ether oxygens (including phenoxy) is 1. The van der Waals surface area contributed by atoms with Crippen molar-refractivity contribution < 1.29 is 4.74 Å². The smallest absolute Gasteiger partial charge is 0.120 e. The molecule has 1 aliphatic carbocycles. The second-order valence-corrected chi connectivity index (χ2v) is 6.33. The lowest BCUT2D eigenvalue weighted by Crippen LogP contribution is -2.61. The predicted octanol–water partition coefficient (Wildman–Crippen LogP) is 2.00. The molecular formula is C11H19NOS. The topological polar surface area (TPSA) is 21.3 Å². The van der Waals surface area contributed by atoms with Gasteiger partial charge in [-0.05, 0) is 37.2 Å². The SMILES string of the molecule is C1CC2(C1)CNC1(CCSCC1)OC2. The minimum absolute atomic E-state index is 0.0755. The van der Waals surface area contributed by atoms with Crippen LogP contribution in [-0.2, 0) is 4.74 Å². The fourth-order valence-electron chi connectivity index (χ4n) is 2.76. The molecule has 0 unspecified atom stereocenters. The van der Waals surface area contributed by atoms with E-state index in [-0.39, 0.29) is 5.72 Å². The Kier molecular flexibility index (Phi) is 2.30. The molecule has 2 spiro atoms. The first-order chi connectivity index (χ1) is 6.83. The summed E-state index contributed by atoms with van der Waals surface area (Å²) in [4.78, 5) is 0. The van der Waals surface area contributed by atoms with Crippen molar-refractivity contribution >= 4 is 11.8 Å². The van der Waals surface area contributed by atoms with E-state index in [2.05, 4.69) is 17.1 Å². The van der Waals surface area contributed by atoms with Crippen molar-refractivity contribution in [2.45, 2.75) is 37.8 Å². The van der Waals surface area contributed by atoms with Gasteiger partial charge in [-0.15, -0.1) is 0 Å². The highest BCUT2D eigenvalue weighted by molar-refractivity contribution is 7.99. The Morgan fingerprint density at radius 3 is 2.36 bits per heavy atom. The van der Waals surface area contributed by atoms with Crippen molar-refractivity contribution in [3.63, 3.8) is 0 Å². The van der Waals surface area contributed by atoms with Gasteiger partial charge < -0.3 is 4.74 Å². The van der Waals surface area contributed by atoms with Crippen molar-refractivity contribution in [3.05, 3.63) is 0 Å². The van der Waals surface area contributed by atoms with Crippen LogP contribution in [0.15, 0.2) is 0 Å². The lowest BCUT2D eigenvalue weighted by Gasteiger charge is -2.52. The standard InChI is InChI=1S/C11H19NOS/c1-2-10(3-1)8-12-11(13-9-10)4-6-14-7-5-11/h12H,1-9H2. The van der Waals surface area contributed by atoms with Crippen LogP contribution in [-0.4, -0.2) is 30.4 Å². The van der Waals surface area contributed by atoms with Crippen molar-refractivity contribution in [1.82, 2.24) is 5.32 Å². The molecule has 3 fully saturated rings. The number of rotatable bonds is 0. The highest BCUT2D eigenvalue weighted by Crippen LogP contribution is 2.45. The van der Waals surface area contributed by atoms with Crippen LogP contribution in [0.3, 0.4) is 0 Å². The molecule has 3 rings (SSSR count). The van der Waals surface area contributed by atoms with Gasteiger partial charge in [-0.25, -0.2) is 0 Å². The second-order valence-electron chi connectivity index (χ2n) is 5.10. The van der Waals surface area contributed by atoms with Gasteiger partial charge in [0.1, 0.15) is 5.72 Å². The minimum Gasteiger partial charge on any atom is -0.360 e. The Morgan fingerprint density at radius 2 is 1.86 bits per heavy atom. The van der Waals surface area contributed by atoms with Gasteiger partial charge >= 0.3 is 0 Å². The maximum atomic E-state index is 6.14. The zero-order valence-electron chi connectivity index (χ0n) is 8.68. The summed E-state index contributed by atoms with van der Waals surface area (Å²) in [5, 5.41) is 3.69. The van der Waals surface area contributed by atoms with E-state index < -0.39 is 0 Å². The summed E-state index contributed by atoms with van der Waals surface area (Å²) in [5.74, 6) is 2.53. The van der Waals surface area contributed by atoms with Crippen LogP contribution in [0, 0.1) is 5.41 Å². The summed E-state index contributed by atoms with van der Waals surface area (Å²) in [6.07, 6.45) is 6.57. The average Bonchev–Trinajstić information content (AvgIpc) is 2.18. The Balaban J connectivity index is 1.63. The van der Waals surface area contributed by atoms with E-state index in [9.17, 15) is 0 Å². The fourth-order valence-corrected chi connectivity index (χ4v) is 3.91. The molecular weight excluding hydrogens is 194 g/mol. The number of nitrogens with one attached hydrogen (secondary N) is 1. The third-order valence-corrected chi connectivity index (χ3v) is 5.14. The monoisotopic (exact) mass is 213 g/mol. The van der Waals surface area contributed by atoms with Crippen LogP contribution in [0.1, 0.15) is 32.1 Å². The lowest BCUT2D eigenvalue weighted by atomic mass is 9.68. The zero-order chi connectivity index (χ0) is 9.49. The summed E-state index contributed by atoms with van der Waals surface area (Å²) in [7, 11) is 0. The predicted molar refractivity (Wildman–Crippen MR) is 59.5 cm³/mol. The molecule has 0 amide bonds. The summed E-state index contributed by atoms with van der Waals surface area (Å²) in [6.45, 7) is 2.22. The highest BCUT2D eigenvalue weighted by Gasteiger charge is 2.46. The van der Waals surface area contributed by atoms with Crippen LogP contribution in [0.25, 0.3) is 0 Å². The molecule has 3 aliphatic rings. The summed E-state index contributed by atoms with van der Waals surface area (Å²) in [5.41, 5.74) is 0.613.